The van der Waals surface area contributed by atoms with Crippen LogP contribution in [-0.2, 0) is 5.41 Å². The van der Waals surface area contributed by atoms with Crippen LogP contribution in [0.4, 0.5) is 10.1 Å². The lowest BCUT2D eigenvalue weighted by Gasteiger charge is -2.32. The first-order valence-electron chi connectivity index (χ1n) is 11.2. The number of thiophene rings is 1. The van der Waals surface area contributed by atoms with Crippen LogP contribution in [-0.4, -0.2) is 64.7 Å². The second kappa shape index (κ2) is 9.84. The maximum atomic E-state index is 13.5. The fraction of sp³-hybridized carbons (Fsp3) is 0.375. The van der Waals surface area contributed by atoms with Crippen molar-refractivity contribution in [3.8, 4) is 11.3 Å². The maximum Gasteiger partial charge on any atom is 0.324 e. The van der Waals surface area contributed by atoms with Crippen molar-refractivity contribution < 1.29 is 14.5 Å². The zero-order valence-electron chi connectivity index (χ0n) is 20.0. The molecule has 0 saturated carbocycles. The zero-order valence-corrected chi connectivity index (χ0v) is 21.7. The topological polar surface area (TPSA) is 109 Å². The predicted octanol–water partition coefficient (Wildman–Crippen LogP) is 4.72. The largest absolute Gasteiger partial charge is 0.335 e. The average Bonchev–Trinajstić information content (AvgIpc) is 3.47. The van der Waals surface area contributed by atoms with E-state index in [0.717, 1.165) is 46.9 Å². The lowest BCUT2D eigenvalue weighted by Crippen LogP contribution is -2.47. The number of thiazole rings is 1. The number of hydrogen-bond acceptors (Lipinski definition) is 8. The van der Waals surface area contributed by atoms with Crippen LogP contribution in [0.1, 0.15) is 45.7 Å². The van der Waals surface area contributed by atoms with Gasteiger partial charge in [-0.05, 0) is 24.1 Å². The molecule has 0 unspecified atom stereocenters. The van der Waals surface area contributed by atoms with E-state index in [0.29, 0.717) is 23.7 Å². The number of benzene rings is 1. The number of amides is 2. The molecule has 0 atom stereocenters. The van der Waals surface area contributed by atoms with Gasteiger partial charge in [-0.3, -0.25) is 25.0 Å². The number of nitrogens with one attached hydrogen (secondary N) is 1. The van der Waals surface area contributed by atoms with Crippen LogP contribution < -0.4 is 5.32 Å². The number of aromatic nitrogens is 1. The van der Waals surface area contributed by atoms with Gasteiger partial charge < -0.3 is 9.80 Å². The molecule has 1 aliphatic heterocycles. The van der Waals surface area contributed by atoms with Crippen molar-refractivity contribution in [3.63, 3.8) is 0 Å². The Hall–Kier alpha value is -3.15. The van der Waals surface area contributed by atoms with E-state index in [4.69, 9.17) is 0 Å². The summed E-state index contributed by atoms with van der Waals surface area (Å²) >= 11 is 1.92. The van der Waals surface area contributed by atoms with Gasteiger partial charge in [0.2, 0.25) is 0 Å². The molecule has 35 heavy (non-hydrogen) atoms. The molecule has 0 spiro atoms. The summed E-state index contributed by atoms with van der Waals surface area (Å²) in [4.78, 5) is 45.9. The second-order valence-electron chi connectivity index (χ2n) is 9.47. The van der Waals surface area contributed by atoms with Gasteiger partial charge in [-0.2, -0.15) is 0 Å². The molecule has 11 heteroatoms. The Labute approximate surface area is 211 Å². The summed E-state index contributed by atoms with van der Waals surface area (Å²) in [6.45, 7) is 9.23. The monoisotopic (exact) mass is 513 g/mol. The summed E-state index contributed by atoms with van der Waals surface area (Å²) in [7, 11) is 2.03. The third-order valence-electron chi connectivity index (χ3n) is 5.85. The Morgan fingerprint density at radius 1 is 1.03 bits per heavy atom. The van der Waals surface area contributed by atoms with E-state index in [1.54, 1.807) is 0 Å². The van der Waals surface area contributed by atoms with Gasteiger partial charge in [0.05, 0.1) is 15.5 Å². The Morgan fingerprint density at radius 2 is 1.69 bits per heavy atom. The molecular weight excluding hydrogens is 486 g/mol. The van der Waals surface area contributed by atoms with Crippen molar-refractivity contribution in [2.45, 2.75) is 26.2 Å². The molecule has 1 saturated heterocycles. The summed E-state index contributed by atoms with van der Waals surface area (Å²) in [5.41, 5.74) is 2.46. The second-order valence-corrected chi connectivity index (χ2v) is 11.5. The number of hydrogen-bond donors (Lipinski definition) is 1. The fourth-order valence-electron chi connectivity index (χ4n) is 3.70. The lowest BCUT2D eigenvalue weighted by molar-refractivity contribution is -0.380. The molecule has 0 aliphatic carbocycles. The van der Waals surface area contributed by atoms with Gasteiger partial charge in [0.15, 0.2) is 5.13 Å². The van der Waals surface area contributed by atoms with Crippen molar-refractivity contribution >= 4 is 44.6 Å². The molecule has 184 valence electrons. The van der Waals surface area contributed by atoms with Crippen LogP contribution in [0, 0.1) is 10.1 Å². The van der Waals surface area contributed by atoms with Crippen LogP contribution in [0.25, 0.3) is 11.3 Å². The first kappa shape index (κ1) is 25.0. The summed E-state index contributed by atoms with van der Waals surface area (Å²) in [5.74, 6) is -0.608. The van der Waals surface area contributed by atoms with Crippen LogP contribution in [0.2, 0.25) is 0 Å². The third kappa shape index (κ3) is 5.58. The highest BCUT2D eigenvalue weighted by Gasteiger charge is 2.27. The number of piperazine rings is 1. The number of carbonyl (C=O) groups excluding carboxylic acids is 2. The number of nitrogens with zero attached hydrogens (tertiary/aromatic N) is 4. The van der Waals surface area contributed by atoms with Crippen molar-refractivity contribution in [3.05, 3.63) is 61.8 Å². The number of carbonyl (C=O) groups is 2. The highest BCUT2D eigenvalue weighted by molar-refractivity contribution is 7.19. The molecule has 1 aromatic carbocycles. The molecule has 1 fully saturated rings. The molecule has 9 nitrogen and oxygen atoms in total. The van der Waals surface area contributed by atoms with Gasteiger partial charge in [0.1, 0.15) is 4.88 Å². The van der Waals surface area contributed by atoms with Crippen molar-refractivity contribution in [2.24, 2.45) is 0 Å². The number of nitro groups is 1. The lowest BCUT2D eigenvalue weighted by atomic mass is 9.86. The molecule has 0 bridgehead atoms. The molecule has 3 aromatic rings. The molecule has 1 aliphatic rings. The highest BCUT2D eigenvalue weighted by Crippen LogP contribution is 2.34. The van der Waals surface area contributed by atoms with Gasteiger partial charge >= 0.3 is 5.00 Å². The summed E-state index contributed by atoms with van der Waals surface area (Å²) < 4.78 is 0. The molecule has 1 N–H and O–H groups in total. The fourth-order valence-corrected chi connectivity index (χ4v) is 5.37. The number of rotatable bonds is 5. The van der Waals surface area contributed by atoms with Gasteiger partial charge in [0, 0.05) is 37.8 Å². The van der Waals surface area contributed by atoms with E-state index < -0.39 is 10.8 Å². The highest BCUT2D eigenvalue weighted by atomic mass is 32.1. The summed E-state index contributed by atoms with van der Waals surface area (Å²) in [6.07, 6.45) is 0. The molecule has 0 radical (unpaired) electrons. The minimum atomic E-state index is -0.531. The quantitative estimate of drug-likeness (QED) is 0.391. The van der Waals surface area contributed by atoms with Crippen LogP contribution >= 0.6 is 22.7 Å². The minimum absolute atomic E-state index is 0.0124. The standard InChI is InChI=1S/C24H27N5O4S2/c1-24(2,3)16-7-5-15(6-8-16)19-20(22(31)28-13-11-27(4)12-14-28)35-23(25-19)26-21(30)17-9-10-18(34-17)29(32)33/h5-10H,11-14H2,1-4H3,(H,25,26,30). The zero-order chi connectivity index (χ0) is 25.3. The first-order valence-corrected chi connectivity index (χ1v) is 12.8. The minimum Gasteiger partial charge on any atom is -0.335 e. The Balaban J connectivity index is 1.66. The van der Waals surface area contributed by atoms with E-state index in [1.165, 1.54) is 12.1 Å². The van der Waals surface area contributed by atoms with Crippen molar-refractivity contribution in [2.75, 3.05) is 38.5 Å². The normalized spacial score (nSPS) is 14.7. The maximum absolute atomic E-state index is 13.5. The molecule has 2 aromatic heterocycles. The summed E-state index contributed by atoms with van der Waals surface area (Å²) in [6, 6.07) is 10.7. The van der Waals surface area contributed by atoms with Crippen LogP contribution in [0.5, 0.6) is 0 Å². The SMILES string of the molecule is CN1CCN(C(=O)c2sc(NC(=O)c3ccc([N+](=O)[O-])s3)nc2-c2ccc(C(C)(C)C)cc2)CC1. The molecule has 3 heterocycles. The first-order chi connectivity index (χ1) is 16.5. The van der Waals surface area contributed by atoms with E-state index in [1.807, 2.05) is 36.2 Å². The molecule has 4 rings (SSSR count). The Kier molecular flexibility index (Phi) is 7.02. The van der Waals surface area contributed by atoms with Gasteiger partial charge in [-0.1, -0.05) is 67.7 Å². The van der Waals surface area contributed by atoms with E-state index >= 15 is 0 Å². The van der Waals surface area contributed by atoms with Gasteiger partial charge in [-0.15, -0.1) is 0 Å². The van der Waals surface area contributed by atoms with Crippen molar-refractivity contribution in [1.82, 2.24) is 14.8 Å². The van der Waals surface area contributed by atoms with Crippen LogP contribution in [0.3, 0.4) is 0 Å². The Bertz CT molecular complexity index is 1250. The van der Waals surface area contributed by atoms with Gasteiger partial charge in [0.25, 0.3) is 11.8 Å². The molecular formula is C24H27N5O4S2. The number of likely N-dealkylation sites (N-methyl/N-ethyl adjacent to an activating group) is 1. The third-order valence-corrected chi connectivity index (χ3v) is 7.85. The van der Waals surface area contributed by atoms with Crippen molar-refractivity contribution in [1.29, 1.82) is 0 Å². The summed E-state index contributed by atoms with van der Waals surface area (Å²) in [5, 5.41) is 13.8. The van der Waals surface area contributed by atoms with E-state index in [9.17, 15) is 19.7 Å². The smallest absolute Gasteiger partial charge is 0.324 e. The molecule has 2 amide bonds. The predicted molar refractivity (Wildman–Crippen MR) is 139 cm³/mol. The van der Waals surface area contributed by atoms with Gasteiger partial charge in [-0.25, -0.2) is 4.98 Å². The Morgan fingerprint density at radius 3 is 2.26 bits per heavy atom. The number of anilines is 1. The van der Waals surface area contributed by atoms with E-state index in [2.05, 4.69) is 36.0 Å². The van der Waals surface area contributed by atoms with E-state index in [-0.39, 0.29) is 26.3 Å². The average molecular weight is 514 g/mol. The van der Waals surface area contributed by atoms with Crippen LogP contribution in [0.15, 0.2) is 36.4 Å².